The van der Waals surface area contributed by atoms with Crippen LogP contribution in [-0.4, -0.2) is 49.8 Å². The molecule has 1 atom stereocenters. The molecule has 0 radical (unpaired) electrons. The third-order valence-electron chi connectivity index (χ3n) is 4.24. The number of hydrogen-bond acceptors (Lipinski definition) is 5. The lowest BCUT2D eigenvalue weighted by Crippen LogP contribution is -2.46. The summed E-state index contributed by atoms with van der Waals surface area (Å²) >= 11 is 0. The molecule has 0 aromatic carbocycles. The number of aromatic nitrogens is 1. The number of rotatable bonds is 4. The van der Waals surface area contributed by atoms with Gasteiger partial charge in [0.1, 0.15) is 5.82 Å². The van der Waals surface area contributed by atoms with Crippen molar-refractivity contribution in [2.24, 2.45) is 0 Å². The predicted octanol–water partition coefficient (Wildman–Crippen LogP) is 0.676. The molecule has 3 rings (SSSR count). The van der Waals surface area contributed by atoms with Crippen molar-refractivity contribution >= 4 is 11.7 Å². The lowest BCUT2D eigenvalue weighted by atomic mass is 10.0. The Morgan fingerprint density at radius 1 is 1.36 bits per heavy atom. The Balaban J connectivity index is 1.49. The number of piperidine rings is 1. The number of ether oxygens (including phenoxy) is 1. The normalized spacial score (nSPS) is 22.4. The van der Waals surface area contributed by atoms with E-state index in [0.717, 1.165) is 63.5 Å². The molecule has 120 valence electrons. The van der Waals surface area contributed by atoms with Crippen molar-refractivity contribution < 1.29 is 9.53 Å². The molecule has 2 N–H and O–H groups in total. The number of nitrogens with one attached hydrogen (secondary N) is 2. The molecule has 6 heteroatoms. The largest absolute Gasteiger partial charge is 0.378 e. The monoisotopic (exact) mass is 304 g/mol. The van der Waals surface area contributed by atoms with Gasteiger partial charge < -0.3 is 20.3 Å². The minimum absolute atomic E-state index is 0.0330. The van der Waals surface area contributed by atoms with Crippen LogP contribution >= 0.6 is 0 Å². The number of amides is 1. The highest BCUT2D eigenvalue weighted by Gasteiger charge is 2.20. The molecule has 2 fully saturated rings. The molecule has 0 spiro atoms. The van der Waals surface area contributed by atoms with E-state index >= 15 is 0 Å². The van der Waals surface area contributed by atoms with E-state index in [9.17, 15) is 4.79 Å². The maximum atomic E-state index is 12.1. The molecule has 0 unspecified atom stereocenters. The van der Waals surface area contributed by atoms with Crippen LogP contribution in [-0.2, 0) is 16.1 Å². The summed E-state index contributed by atoms with van der Waals surface area (Å²) in [6.45, 7) is 4.76. The zero-order valence-corrected chi connectivity index (χ0v) is 12.9. The topological polar surface area (TPSA) is 66.5 Å². The van der Waals surface area contributed by atoms with Gasteiger partial charge in [-0.15, -0.1) is 0 Å². The molecule has 2 aliphatic heterocycles. The second kappa shape index (κ2) is 7.56. The van der Waals surface area contributed by atoms with Gasteiger partial charge in [-0.05, 0) is 31.0 Å². The third-order valence-corrected chi connectivity index (χ3v) is 4.24. The van der Waals surface area contributed by atoms with Gasteiger partial charge in [0.2, 0.25) is 5.91 Å². The first-order valence-corrected chi connectivity index (χ1v) is 8.11. The number of anilines is 1. The number of nitrogens with zero attached hydrogens (tertiary/aromatic N) is 2. The number of carbonyl (C=O) groups excluding carboxylic acids is 1. The van der Waals surface area contributed by atoms with E-state index in [0.29, 0.717) is 6.54 Å². The van der Waals surface area contributed by atoms with Crippen LogP contribution in [0.1, 0.15) is 24.8 Å². The second-order valence-corrected chi connectivity index (χ2v) is 5.84. The van der Waals surface area contributed by atoms with Crippen molar-refractivity contribution in [3.05, 3.63) is 23.9 Å². The molecule has 0 bridgehead atoms. The van der Waals surface area contributed by atoms with E-state index < -0.39 is 0 Å². The van der Waals surface area contributed by atoms with Gasteiger partial charge in [0.25, 0.3) is 0 Å². The van der Waals surface area contributed by atoms with Gasteiger partial charge in [-0.25, -0.2) is 4.98 Å². The predicted molar refractivity (Wildman–Crippen MR) is 84.8 cm³/mol. The molecular formula is C16H24N4O2. The Morgan fingerprint density at radius 2 is 2.23 bits per heavy atom. The van der Waals surface area contributed by atoms with Gasteiger partial charge in [0, 0.05) is 25.8 Å². The minimum atomic E-state index is -0.0330. The highest BCUT2D eigenvalue weighted by atomic mass is 16.5. The van der Waals surface area contributed by atoms with Crippen molar-refractivity contribution in [1.82, 2.24) is 15.6 Å². The van der Waals surface area contributed by atoms with Crippen LogP contribution in [0.2, 0.25) is 0 Å². The van der Waals surface area contributed by atoms with Gasteiger partial charge in [0.15, 0.2) is 0 Å². The van der Waals surface area contributed by atoms with Crippen molar-refractivity contribution in [3.8, 4) is 0 Å². The van der Waals surface area contributed by atoms with Crippen LogP contribution in [0.3, 0.4) is 0 Å². The average molecular weight is 304 g/mol. The SMILES string of the molecule is O=C(NCc1ccc(N2CCOCC2)nc1)[C@H]1CCCCN1. The number of morpholine rings is 1. The van der Waals surface area contributed by atoms with E-state index in [1.54, 1.807) is 0 Å². The Bertz CT molecular complexity index is 479. The Kier molecular flexibility index (Phi) is 5.24. The second-order valence-electron chi connectivity index (χ2n) is 5.84. The van der Waals surface area contributed by atoms with Crippen LogP contribution in [0.25, 0.3) is 0 Å². The van der Waals surface area contributed by atoms with Crippen LogP contribution in [0.5, 0.6) is 0 Å². The summed E-state index contributed by atoms with van der Waals surface area (Å²) in [4.78, 5) is 18.8. The van der Waals surface area contributed by atoms with Crippen molar-refractivity contribution in [1.29, 1.82) is 0 Å². The standard InChI is InChI=1S/C16H24N4O2/c21-16(14-3-1-2-6-17-14)19-12-13-4-5-15(18-11-13)20-7-9-22-10-8-20/h4-5,11,14,17H,1-3,6-10,12H2,(H,19,21)/t14-/m1/s1. The Morgan fingerprint density at radius 3 is 2.91 bits per heavy atom. The zero-order chi connectivity index (χ0) is 15.2. The summed E-state index contributed by atoms with van der Waals surface area (Å²) < 4.78 is 5.34. The first kappa shape index (κ1) is 15.2. The number of pyridine rings is 1. The van der Waals surface area contributed by atoms with Crippen LogP contribution in [0, 0.1) is 0 Å². The Hall–Kier alpha value is -1.66. The molecule has 3 heterocycles. The molecule has 0 saturated carbocycles. The molecule has 22 heavy (non-hydrogen) atoms. The van der Waals surface area contributed by atoms with Crippen LogP contribution < -0.4 is 15.5 Å². The minimum Gasteiger partial charge on any atom is -0.378 e. The molecule has 2 aliphatic rings. The average Bonchev–Trinajstić information content (AvgIpc) is 2.61. The Labute approximate surface area is 131 Å². The molecule has 0 aliphatic carbocycles. The van der Waals surface area contributed by atoms with Gasteiger partial charge in [0.05, 0.1) is 19.3 Å². The maximum absolute atomic E-state index is 12.1. The summed E-state index contributed by atoms with van der Waals surface area (Å²) in [5, 5.41) is 6.25. The summed E-state index contributed by atoms with van der Waals surface area (Å²) in [7, 11) is 0. The van der Waals surface area contributed by atoms with E-state index in [1.165, 1.54) is 0 Å². The van der Waals surface area contributed by atoms with Gasteiger partial charge >= 0.3 is 0 Å². The molecule has 1 amide bonds. The van der Waals surface area contributed by atoms with Crippen molar-refractivity contribution in [2.45, 2.75) is 31.8 Å². The first-order valence-electron chi connectivity index (χ1n) is 8.11. The number of carbonyl (C=O) groups is 1. The zero-order valence-electron chi connectivity index (χ0n) is 12.9. The fourth-order valence-electron chi connectivity index (χ4n) is 2.89. The van der Waals surface area contributed by atoms with E-state index in [1.807, 2.05) is 18.3 Å². The fourth-order valence-corrected chi connectivity index (χ4v) is 2.89. The molecule has 1 aromatic rings. The fraction of sp³-hybridized carbons (Fsp3) is 0.625. The van der Waals surface area contributed by atoms with Gasteiger partial charge in [-0.1, -0.05) is 12.5 Å². The van der Waals surface area contributed by atoms with Gasteiger partial charge in [-0.2, -0.15) is 0 Å². The lowest BCUT2D eigenvalue weighted by Gasteiger charge is -2.27. The van der Waals surface area contributed by atoms with Gasteiger partial charge in [-0.3, -0.25) is 4.79 Å². The summed E-state index contributed by atoms with van der Waals surface area (Å²) in [5.74, 6) is 1.07. The molecule has 1 aromatic heterocycles. The molecule has 2 saturated heterocycles. The summed E-state index contributed by atoms with van der Waals surface area (Å²) in [6.07, 6.45) is 5.07. The van der Waals surface area contributed by atoms with Crippen molar-refractivity contribution in [2.75, 3.05) is 37.7 Å². The lowest BCUT2D eigenvalue weighted by molar-refractivity contribution is -0.123. The highest BCUT2D eigenvalue weighted by molar-refractivity contribution is 5.81. The number of hydrogen-bond donors (Lipinski definition) is 2. The van der Waals surface area contributed by atoms with E-state index in [4.69, 9.17) is 4.74 Å². The van der Waals surface area contributed by atoms with E-state index in [2.05, 4.69) is 20.5 Å². The first-order chi connectivity index (χ1) is 10.8. The molecular weight excluding hydrogens is 280 g/mol. The van der Waals surface area contributed by atoms with Crippen molar-refractivity contribution in [3.63, 3.8) is 0 Å². The third kappa shape index (κ3) is 3.96. The quantitative estimate of drug-likeness (QED) is 0.856. The smallest absolute Gasteiger partial charge is 0.237 e. The maximum Gasteiger partial charge on any atom is 0.237 e. The van der Waals surface area contributed by atoms with Crippen LogP contribution in [0.4, 0.5) is 5.82 Å². The summed E-state index contributed by atoms with van der Waals surface area (Å²) in [5.41, 5.74) is 1.03. The van der Waals surface area contributed by atoms with Crippen LogP contribution in [0.15, 0.2) is 18.3 Å². The van der Waals surface area contributed by atoms with E-state index in [-0.39, 0.29) is 11.9 Å². The molecule has 6 nitrogen and oxygen atoms in total. The highest BCUT2D eigenvalue weighted by Crippen LogP contribution is 2.13. The summed E-state index contributed by atoms with van der Waals surface area (Å²) in [6, 6.07) is 4.02.